The van der Waals surface area contributed by atoms with Crippen molar-refractivity contribution in [3.8, 4) is 0 Å². The zero-order valence-corrected chi connectivity index (χ0v) is 10.2. The molecule has 0 unspecified atom stereocenters. The molecule has 1 heterocycles. The summed E-state index contributed by atoms with van der Waals surface area (Å²) in [5.41, 5.74) is 8.18. The summed E-state index contributed by atoms with van der Waals surface area (Å²) in [5, 5.41) is 0. The summed E-state index contributed by atoms with van der Waals surface area (Å²) >= 11 is 0. The molecule has 0 atom stereocenters. The van der Waals surface area contributed by atoms with Gasteiger partial charge >= 0.3 is 0 Å². The topological polar surface area (TPSA) is 51.8 Å². The Balaban J connectivity index is 2.16. The van der Waals surface area contributed by atoms with Crippen LogP contribution in [0.5, 0.6) is 0 Å². The number of aromatic nitrogens is 2. The van der Waals surface area contributed by atoms with Crippen LogP contribution in [0.1, 0.15) is 55.7 Å². The minimum Gasteiger partial charge on any atom is -0.328 e. The highest BCUT2D eigenvalue weighted by Gasteiger charge is 2.22. The molecule has 0 spiro atoms. The summed E-state index contributed by atoms with van der Waals surface area (Å²) in [6, 6.07) is 2.48. The predicted molar refractivity (Wildman–Crippen MR) is 65.3 cm³/mol. The molecular formula is C13H21N3. The molecule has 0 aromatic carbocycles. The second kappa shape index (κ2) is 4.91. The SMILES string of the molecule is CCc1cc(C)nc(C2CCC(N)CC2)n1. The third-order valence-electron chi connectivity index (χ3n) is 3.42. The van der Waals surface area contributed by atoms with E-state index in [1.165, 1.54) is 0 Å². The van der Waals surface area contributed by atoms with Crippen molar-refractivity contribution >= 4 is 0 Å². The van der Waals surface area contributed by atoms with Gasteiger partial charge in [-0.1, -0.05) is 6.92 Å². The zero-order chi connectivity index (χ0) is 11.5. The first-order valence-electron chi connectivity index (χ1n) is 6.29. The predicted octanol–water partition coefficient (Wildman–Crippen LogP) is 2.33. The molecule has 1 aromatic heterocycles. The summed E-state index contributed by atoms with van der Waals surface area (Å²) in [5.74, 6) is 1.58. The standard InChI is InChI=1S/C13H21N3/c1-3-12-8-9(2)15-13(16-12)10-4-6-11(14)7-5-10/h8,10-11H,3-7,14H2,1-2H3. The van der Waals surface area contributed by atoms with E-state index in [4.69, 9.17) is 5.73 Å². The first-order valence-corrected chi connectivity index (χ1v) is 6.29. The lowest BCUT2D eigenvalue weighted by atomic mass is 9.86. The molecule has 3 heteroatoms. The van der Waals surface area contributed by atoms with E-state index in [1.54, 1.807) is 0 Å². The van der Waals surface area contributed by atoms with Gasteiger partial charge in [0.2, 0.25) is 0 Å². The maximum absolute atomic E-state index is 5.92. The minimum atomic E-state index is 0.395. The summed E-state index contributed by atoms with van der Waals surface area (Å²) in [4.78, 5) is 9.23. The third kappa shape index (κ3) is 2.59. The molecular weight excluding hydrogens is 198 g/mol. The van der Waals surface area contributed by atoms with Gasteiger partial charge in [0.05, 0.1) is 0 Å². The fourth-order valence-corrected chi connectivity index (χ4v) is 2.40. The van der Waals surface area contributed by atoms with E-state index >= 15 is 0 Å². The molecule has 2 rings (SSSR count). The van der Waals surface area contributed by atoms with E-state index in [9.17, 15) is 0 Å². The molecule has 0 aliphatic heterocycles. The van der Waals surface area contributed by atoms with Gasteiger partial charge in [0.1, 0.15) is 5.82 Å². The molecule has 1 aromatic rings. The quantitative estimate of drug-likeness (QED) is 0.830. The van der Waals surface area contributed by atoms with Crippen LogP contribution >= 0.6 is 0 Å². The number of hydrogen-bond acceptors (Lipinski definition) is 3. The number of aryl methyl sites for hydroxylation is 2. The lowest BCUT2D eigenvalue weighted by Gasteiger charge is -2.25. The summed E-state index contributed by atoms with van der Waals surface area (Å²) in [6.45, 7) is 4.20. The van der Waals surface area contributed by atoms with Gasteiger partial charge in [-0.2, -0.15) is 0 Å². The Kier molecular flexibility index (Phi) is 3.54. The van der Waals surface area contributed by atoms with E-state index in [-0.39, 0.29) is 0 Å². The van der Waals surface area contributed by atoms with Gasteiger partial charge in [-0.25, -0.2) is 9.97 Å². The first kappa shape index (κ1) is 11.5. The van der Waals surface area contributed by atoms with Crippen molar-refractivity contribution in [1.29, 1.82) is 0 Å². The smallest absolute Gasteiger partial charge is 0.131 e. The highest BCUT2D eigenvalue weighted by atomic mass is 14.9. The molecule has 16 heavy (non-hydrogen) atoms. The molecule has 1 saturated carbocycles. The Morgan fingerprint density at radius 2 is 1.94 bits per heavy atom. The van der Waals surface area contributed by atoms with E-state index < -0.39 is 0 Å². The Labute approximate surface area is 97.5 Å². The number of nitrogens with two attached hydrogens (primary N) is 1. The fourth-order valence-electron chi connectivity index (χ4n) is 2.40. The van der Waals surface area contributed by atoms with Crippen LogP contribution in [0.4, 0.5) is 0 Å². The van der Waals surface area contributed by atoms with Gasteiger partial charge in [0.25, 0.3) is 0 Å². The second-order valence-electron chi connectivity index (χ2n) is 4.82. The van der Waals surface area contributed by atoms with Crippen molar-refractivity contribution in [2.75, 3.05) is 0 Å². The van der Waals surface area contributed by atoms with Gasteiger partial charge in [-0.05, 0) is 45.1 Å². The van der Waals surface area contributed by atoms with Crippen LogP contribution in [0.15, 0.2) is 6.07 Å². The Hall–Kier alpha value is -0.960. The Morgan fingerprint density at radius 3 is 2.56 bits per heavy atom. The van der Waals surface area contributed by atoms with Crippen LogP contribution in [-0.4, -0.2) is 16.0 Å². The molecule has 0 saturated heterocycles. The number of nitrogens with zero attached hydrogens (tertiary/aromatic N) is 2. The van der Waals surface area contributed by atoms with Gasteiger partial charge in [0, 0.05) is 23.3 Å². The van der Waals surface area contributed by atoms with Crippen LogP contribution in [-0.2, 0) is 6.42 Å². The Bertz CT molecular complexity index is 354. The average molecular weight is 219 g/mol. The van der Waals surface area contributed by atoms with Crippen molar-refractivity contribution in [1.82, 2.24) is 9.97 Å². The summed E-state index contributed by atoms with van der Waals surface area (Å²) < 4.78 is 0. The highest BCUT2D eigenvalue weighted by Crippen LogP contribution is 2.30. The van der Waals surface area contributed by atoms with Crippen molar-refractivity contribution in [3.63, 3.8) is 0 Å². The molecule has 1 aliphatic carbocycles. The summed E-state index contributed by atoms with van der Waals surface area (Å²) in [7, 11) is 0. The molecule has 1 aliphatic rings. The maximum atomic E-state index is 5.92. The van der Waals surface area contributed by atoms with Crippen molar-refractivity contribution in [2.45, 2.75) is 57.9 Å². The van der Waals surface area contributed by atoms with Crippen LogP contribution < -0.4 is 5.73 Å². The molecule has 0 amide bonds. The largest absolute Gasteiger partial charge is 0.328 e. The normalized spacial score (nSPS) is 25.7. The lowest BCUT2D eigenvalue weighted by molar-refractivity contribution is 0.383. The molecule has 88 valence electrons. The third-order valence-corrected chi connectivity index (χ3v) is 3.42. The maximum Gasteiger partial charge on any atom is 0.131 e. The molecule has 0 bridgehead atoms. The minimum absolute atomic E-state index is 0.395. The van der Waals surface area contributed by atoms with Crippen molar-refractivity contribution in [3.05, 3.63) is 23.3 Å². The average Bonchev–Trinajstić information content (AvgIpc) is 2.29. The number of hydrogen-bond donors (Lipinski definition) is 1. The molecule has 1 fully saturated rings. The molecule has 3 nitrogen and oxygen atoms in total. The van der Waals surface area contributed by atoms with Gasteiger partial charge < -0.3 is 5.73 Å². The van der Waals surface area contributed by atoms with Crippen LogP contribution in [0.25, 0.3) is 0 Å². The fraction of sp³-hybridized carbons (Fsp3) is 0.692. The van der Waals surface area contributed by atoms with E-state index in [0.29, 0.717) is 12.0 Å². The zero-order valence-electron chi connectivity index (χ0n) is 10.2. The van der Waals surface area contributed by atoms with Crippen molar-refractivity contribution < 1.29 is 0 Å². The number of rotatable bonds is 2. The van der Waals surface area contributed by atoms with Gasteiger partial charge in [0.15, 0.2) is 0 Å². The van der Waals surface area contributed by atoms with Crippen LogP contribution in [0, 0.1) is 6.92 Å². The summed E-state index contributed by atoms with van der Waals surface area (Å²) in [6.07, 6.45) is 5.51. The first-order chi connectivity index (χ1) is 7.69. The highest BCUT2D eigenvalue weighted by molar-refractivity contribution is 5.12. The second-order valence-corrected chi connectivity index (χ2v) is 4.82. The lowest BCUT2D eigenvalue weighted by Crippen LogP contribution is -2.26. The Morgan fingerprint density at radius 1 is 1.25 bits per heavy atom. The van der Waals surface area contributed by atoms with E-state index in [1.807, 2.05) is 0 Å². The van der Waals surface area contributed by atoms with Crippen molar-refractivity contribution in [2.24, 2.45) is 5.73 Å². The molecule has 0 radical (unpaired) electrons. The van der Waals surface area contributed by atoms with E-state index in [2.05, 4.69) is 29.9 Å². The van der Waals surface area contributed by atoms with Crippen LogP contribution in [0.3, 0.4) is 0 Å². The monoisotopic (exact) mass is 219 g/mol. The molecule has 2 N–H and O–H groups in total. The van der Waals surface area contributed by atoms with Gasteiger partial charge in [-0.3, -0.25) is 0 Å². The van der Waals surface area contributed by atoms with Crippen LogP contribution in [0.2, 0.25) is 0 Å². The van der Waals surface area contributed by atoms with Gasteiger partial charge in [-0.15, -0.1) is 0 Å². The van der Waals surface area contributed by atoms with E-state index in [0.717, 1.165) is 49.3 Å².